The van der Waals surface area contributed by atoms with Gasteiger partial charge in [-0.1, -0.05) is 0 Å². The molecule has 1 saturated heterocycles. The first-order valence-electron chi connectivity index (χ1n) is 2.90. The summed E-state index contributed by atoms with van der Waals surface area (Å²) in [5.74, 6) is 0. The molecule has 9 heavy (non-hydrogen) atoms. The van der Waals surface area contributed by atoms with Gasteiger partial charge in [-0.2, -0.15) is 0 Å². The molecule has 2 nitrogen and oxygen atoms in total. The highest BCUT2D eigenvalue weighted by Gasteiger charge is 2.27. The van der Waals surface area contributed by atoms with Crippen LogP contribution in [0.5, 0.6) is 0 Å². The Morgan fingerprint density at radius 2 is 2.67 bits per heavy atom. The fourth-order valence-electron chi connectivity index (χ4n) is 0.711. The quantitative estimate of drug-likeness (QED) is 0.554. The van der Waals surface area contributed by atoms with Crippen LogP contribution in [-0.2, 0) is 4.74 Å². The Hall–Kier alpha value is -0.410. The first kappa shape index (κ1) is 5.38. The molecule has 0 N–H and O–H groups in total. The Morgan fingerprint density at radius 1 is 1.89 bits per heavy atom. The Labute approximate surface area is 57.5 Å². The first-order chi connectivity index (χ1) is 4.36. The summed E-state index contributed by atoms with van der Waals surface area (Å²) in [6.07, 6.45) is 0.337. The van der Waals surface area contributed by atoms with Crippen molar-refractivity contribution in [2.24, 2.45) is 0 Å². The molecule has 2 heterocycles. The summed E-state index contributed by atoms with van der Waals surface area (Å²) < 4.78 is 5.06. The van der Waals surface area contributed by atoms with Crippen LogP contribution in [0.25, 0.3) is 0 Å². The van der Waals surface area contributed by atoms with Gasteiger partial charge in [0.1, 0.15) is 11.1 Å². The van der Waals surface area contributed by atoms with Crippen molar-refractivity contribution in [3.63, 3.8) is 0 Å². The van der Waals surface area contributed by atoms with Gasteiger partial charge in [-0.3, -0.25) is 0 Å². The van der Waals surface area contributed by atoms with Gasteiger partial charge in [0.2, 0.25) is 0 Å². The van der Waals surface area contributed by atoms with Crippen LogP contribution in [0, 0.1) is 6.92 Å². The van der Waals surface area contributed by atoms with Crippen molar-refractivity contribution in [3.05, 3.63) is 16.1 Å². The largest absolute Gasteiger partial charge is 0.365 e. The average molecular weight is 141 g/mol. The molecule has 0 radical (unpaired) electrons. The predicted molar refractivity (Wildman–Crippen MR) is 35.5 cm³/mol. The molecule has 0 aromatic carbocycles. The van der Waals surface area contributed by atoms with Crippen molar-refractivity contribution < 1.29 is 4.74 Å². The van der Waals surface area contributed by atoms with Crippen LogP contribution in [0.2, 0.25) is 0 Å². The number of hydrogen-bond donors (Lipinski definition) is 0. The lowest BCUT2D eigenvalue weighted by molar-refractivity contribution is 0.415. The number of aryl methyl sites for hydroxylation is 1. The van der Waals surface area contributed by atoms with E-state index in [0.717, 1.165) is 17.3 Å². The number of aromatic nitrogens is 1. The van der Waals surface area contributed by atoms with Gasteiger partial charge in [0.15, 0.2) is 0 Å². The number of nitrogens with zero attached hydrogens (tertiary/aromatic N) is 1. The van der Waals surface area contributed by atoms with Gasteiger partial charge < -0.3 is 4.74 Å². The standard InChI is InChI=1S/C6H7NOS/c1-4-3-9-6(7-4)5-2-8-5/h3,5H,2H2,1H3. The van der Waals surface area contributed by atoms with Crippen LogP contribution < -0.4 is 0 Å². The minimum Gasteiger partial charge on any atom is -0.365 e. The Balaban J connectivity index is 2.28. The fraction of sp³-hybridized carbons (Fsp3) is 0.500. The molecule has 0 amide bonds. The van der Waals surface area contributed by atoms with Gasteiger partial charge in [-0.05, 0) is 6.92 Å². The molecule has 1 aromatic rings. The van der Waals surface area contributed by atoms with E-state index in [1.54, 1.807) is 11.3 Å². The number of ether oxygens (including phenoxy) is 1. The van der Waals surface area contributed by atoms with E-state index in [4.69, 9.17) is 4.74 Å². The van der Waals surface area contributed by atoms with Crippen molar-refractivity contribution in [3.8, 4) is 0 Å². The van der Waals surface area contributed by atoms with E-state index in [0.29, 0.717) is 6.10 Å². The molecule has 1 aliphatic rings. The molecule has 1 aromatic heterocycles. The number of hydrogen-bond acceptors (Lipinski definition) is 3. The monoisotopic (exact) mass is 141 g/mol. The van der Waals surface area contributed by atoms with Crippen LogP contribution in [-0.4, -0.2) is 11.6 Å². The maximum atomic E-state index is 5.06. The van der Waals surface area contributed by atoms with Gasteiger partial charge in [-0.15, -0.1) is 11.3 Å². The average Bonchev–Trinajstić information content (AvgIpc) is 2.58. The SMILES string of the molecule is Cc1csc(C2CO2)n1. The van der Waals surface area contributed by atoms with Crippen molar-refractivity contribution >= 4 is 11.3 Å². The van der Waals surface area contributed by atoms with Crippen LogP contribution in [0.1, 0.15) is 16.8 Å². The highest BCUT2D eigenvalue weighted by atomic mass is 32.1. The minimum absolute atomic E-state index is 0.337. The lowest BCUT2D eigenvalue weighted by Gasteiger charge is -1.79. The highest BCUT2D eigenvalue weighted by molar-refractivity contribution is 7.09. The topological polar surface area (TPSA) is 25.4 Å². The van der Waals surface area contributed by atoms with Gasteiger partial charge in [-0.25, -0.2) is 4.98 Å². The highest BCUT2D eigenvalue weighted by Crippen LogP contribution is 2.31. The molecular weight excluding hydrogens is 134 g/mol. The molecule has 1 aliphatic heterocycles. The third-order valence-electron chi connectivity index (χ3n) is 1.25. The second-order valence-electron chi connectivity index (χ2n) is 2.15. The molecule has 1 atom stereocenters. The molecule has 0 spiro atoms. The van der Waals surface area contributed by atoms with E-state index in [2.05, 4.69) is 10.4 Å². The summed E-state index contributed by atoms with van der Waals surface area (Å²) in [5.41, 5.74) is 1.10. The van der Waals surface area contributed by atoms with Crippen molar-refractivity contribution in [1.29, 1.82) is 0 Å². The smallest absolute Gasteiger partial charge is 0.132 e. The summed E-state index contributed by atoms with van der Waals surface area (Å²) in [4.78, 5) is 4.27. The van der Waals surface area contributed by atoms with Gasteiger partial charge >= 0.3 is 0 Å². The third kappa shape index (κ3) is 0.976. The van der Waals surface area contributed by atoms with Gasteiger partial charge in [0.05, 0.1) is 6.61 Å². The van der Waals surface area contributed by atoms with Crippen LogP contribution in [0.3, 0.4) is 0 Å². The molecule has 48 valence electrons. The predicted octanol–water partition coefficient (Wildman–Crippen LogP) is 1.52. The zero-order valence-corrected chi connectivity index (χ0v) is 5.94. The van der Waals surface area contributed by atoms with Crippen molar-refractivity contribution in [1.82, 2.24) is 4.98 Å². The fourth-order valence-corrected chi connectivity index (χ4v) is 1.54. The van der Waals surface area contributed by atoms with Crippen LogP contribution in [0.4, 0.5) is 0 Å². The summed E-state index contributed by atoms with van der Waals surface area (Å²) in [5, 5.41) is 3.18. The summed E-state index contributed by atoms with van der Waals surface area (Å²) in [7, 11) is 0. The number of epoxide rings is 1. The maximum Gasteiger partial charge on any atom is 0.132 e. The van der Waals surface area contributed by atoms with E-state index in [-0.39, 0.29) is 0 Å². The second kappa shape index (κ2) is 1.78. The Morgan fingerprint density at radius 3 is 3.11 bits per heavy atom. The zero-order valence-electron chi connectivity index (χ0n) is 5.13. The second-order valence-corrected chi connectivity index (χ2v) is 3.04. The normalized spacial score (nSPS) is 24.3. The van der Waals surface area contributed by atoms with E-state index in [1.807, 2.05) is 6.92 Å². The molecule has 0 aliphatic carbocycles. The van der Waals surface area contributed by atoms with Crippen molar-refractivity contribution in [2.45, 2.75) is 13.0 Å². The molecular formula is C6H7NOS. The molecule has 3 heteroatoms. The molecule has 1 fully saturated rings. The molecule has 0 bridgehead atoms. The van der Waals surface area contributed by atoms with Crippen LogP contribution in [0.15, 0.2) is 5.38 Å². The number of thiazole rings is 1. The number of rotatable bonds is 1. The minimum atomic E-state index is 0.337. The lowest BCUT2D eigenvalue weighted by Crippen LogP contribution is -1.76. The van der Waals surface area contributed by atoms with Crippen LogP contribution >= 0.6 is 11.3 Å². The van der Waals surface area contributed by atoms with Gasteiger partial charge in [0, 0.05) is 11.1 Å². The lowest BCUT2D eigenvalue weighted by atomic mass is 10.5. The van der Waals surface area contributed by atoms with E-state index in [1.165, 1.54) is 0 Å². The first-order valence-corrected chi connectivity index (χ1v) is 3.78. The molecule has 1 unspecified atom stereocenters. The van der Waals surface area contributed by atoms with Crippen molar-refractivity contribution in [2.75, 3.05) is 6.61 Å². The summed E-state index contributed by atoms with van der Waals surface area (Å²) in [6.45, 7) is 2.87. The third-order valence-corrected chi connectivity index (χ3v) is 2.30. The summed E-state index contributed by atoms with van der Waals surface area (Å²) in [6, 6.07) is 0. The maximum absolute atomic E-state index is 5.06. The molecule has 0 saturated carbocycles. The Bertz CT molecular complexity index is 217. The Kier molecular flexibility index (Phi) is 1.07. The molecule has 2 rings (SSSR count). The zero-order chi connectivity index (χ0) is 6.27. The summed E-state index contributed by atoms with van der Waals surface area (Å²) >= 11 is 1.68. The van der Waals surface area contributed by atoms with Gasteiger partial charge in [0.25, 0.3) is 0 Å². The van der Waals surface area contributed by atoms with E-state index < -0.39 is 0 Å². The van der Waals surface area contributed by atoms with E-state index >= 15 is 0 Å². The van der Waals surface area contributed by atoms with E-state index in [9.17, 15) is 0 Å².